The fourth-order valence-electron chi connectivity index (χ4n) is 1.75. The molecule has 0 radical (unpaired) electrons. The van der Waals surface area contributed by atoms with Crippen LogP contribution in [0.4, 0.5) is 0 Å². The smallest absolute Gasteiger partial charge is 0.231 e. The molecule has 104 valence electrons. The van der Waals surface area contributed by atoms with Crippen molar-refractivity contribution in [1.29, 1.82) is 5.26 Å². The molecule has 0 saturated carbocycles. The molecule has 0 bridgehead atoms. The van der Waals surface area contributed by atoms with Gasteiger partial charge in [-0.15, -0.1) is 0 Å². The lowest BCUT2D eigenvalue weighted by Gasteiger charge is -2.15. The quantitative estimate of drug-likeness (QED) is 0.617. The molecular weight excluding hydrogens is 278 g/mol. The molecule has 4 nitrogen and oxygen atoms in total. The van der Waals surface area contributed by atoms with Crippen LogP contribution in [0.5, 0.6) is 11.5 Å². The molecule has 5 heteroatoms. The molecule has 1 aromatic rings. The number of hydrogen-bond donors (Lipinski definition) is 0. The molecular formula is C15H14ClNO3. The Morgan fingerprint density at radius 2 is 1.95 bits per heavy atom. The van der Waals surface area contributed by atoms with Gasteiger partial charge in [0.15, 0.2) is 17.3 Å². The van der Waals surface area contributed by atoms with Crippen molar-refractivity contribution in [3.63, 3.8) is 0 Å². The van der Waals surface area contributed by atoms with Gasteiger partial charge >= 0.3 is 0 Å². The third kappa shape index (κ3) is 2.78. The van der Waals surface area contributed by atoms with Crippen molar-refractivity contribution in [3.05, 3.63) is 28.3 Å². The van der Waals surface area contributed by atoms with Gasteiger partial charge in [-0.05, 0) is 17.7 Å². The molecule has 20 heavy (non-hydrogen) atoms. The van der Waals surface area contributed by atoms with Crippen molar-refractivity contribution in [3.8, 4) is 17.6 Å². The van der Waals surface area contributed by atoms with Gasteiger partial charge in [0.1, 0.15) is 6.07 Å². The van der Waals surface area contributed by atoms with Crippen molar-refractivity contribution >= 4 is 23.5 Å². The zero-order valence-corrected chi connectivity index (χ0v) is 12.2. The summed E-state index contributed by atoms with van der Waals surface area (Å²) in [7, 11) is 0. The summed E-state index contributed by atoms with van der Waals surface area (Å²) in [6.07, 6.45) is 1.48. The highest BCUT2D eigenvalue weighted by molar-refractivity contribution is 6.32. The molecule has 0 atom stereocenters. The van der Waals surface area contributed by atoms with E-state index in [2.05, 4.69) is 0 Å². The van der Waals surface area contributed by atoms with Crippen LogP contribution >= 0.6 is 11.6 Å². The molecule has 0 N–H and O–H groups in total. The highest BCUT2D eigenvalue weighted by atomic mass is 35.5. The lowest BCUT2D eigenvalue weighted by molar-refractivity contribution is -0.121. The first-order chi connectivity index (χ1) is 9.32. The number of benzene rings is 1. The summed E-state index contributed by atoms with van der Waals surface area (Å²) < 4.78 is 10.5. The van der Waals surface area contributed by atoms with Gasteiger partial charge in [0.25, 0.3) is 0 Å². The largest absolute Gasteiger partial charge is 0.454 e. The van der Waals surface area contributed by atoms with E-state index in [0.29, 0.717) is 22.1 Å². The zero-order chi connectivity index (χ0) is 14.9. The molecule has 0 aromatic heterocycles. The predicted molar refractivity (Wildman–Crippen MR) is 75.6 cm³/mol. The van der Waals surface area contributed by atoms with Crippen LogP contribution in [0.3, 0.4) is 0 Å². The normalized spacial score (nSPS) is 14.1. The zero-order valence-electron chi connectivity index (χ0n) is 11.5. The van der Waals surface area contributed by atoms with Crippen LogP contribution in [-0.4, -0.2) is 12.6 Å². The summed E-state index contributed by atoms with van der Waals surface area (Å²) in [5.74, 6) is 0.891. The Kier molecular flexibility index (Phi) is 3.74. The van der Waals surface area contributed by atoms with Gasteiger partial charge in [0.2, 0.25) is 6.79 Å². The average molecular weight is 292 g/mol. The maximum atomic E-state index is 12.2. The topological polar surface area (TPSA) is 59.3 Å². The summed E-state index contributed by atoms with van der Waals surface area (Å²) in [5.41, 5.74) is 0.00743. The number of carbonyl (C=O) groups excluding carboxylic acids is 1. The second-order valence-electron chi connectivity index (χ2n) is 5.48. The molecule has 0 amide bonds. The number of carbonyl (C=O) groups is 1. The minimum atomic E-state index is -0.621. The van der Waals surface area contributed by atoms with E-state index in [4.69, 9.17) is 26.3 Å². The summed E-state index contributed by atoms with van der Waals surface area (Å²) in [4.78, 5) is 12.2. The summed E-state index contributed by atoms with van der Waals surface area (Å²) in [6.45, 7) is 5.44. The number of Topliss-reactive ketones (excluding diaryl/α,β-unsaturated/α-hetero) is 1. The van der Waals surface area contributed by atoms with E-state index in [1.165, 1.54) is 6.08 Å². The van der Waals surface area contributed by atoms with Crippen molar-refractivity contribution in [2.24, 2.45) is 5.41 Å². The molecule has 1 aliphatic rings. The molecule has 0 unspecified atom stereocenters. The van der Waals surface area contributed by atoms with Crippen molar-refractivity contribution in [2.45, 2.75) is 20.8 Å². The number of rotatable bonds is 2. The number of nitrogens with zero attached hydrogens (tertiary/aromatic N) is 1. The van der Waals surface area contributed by atoms with Gasteiger partial charge in [-0.25, -0.2) is 0 Å². The number of hydrogen-bond acceptors (Lipinski definition) is 4. The molecule has 2 rings (SSSR count). The van der Waals surface area contributed by atoms with E-state index in [9.17, 15) is 4.79 Å². The molecule has 0 spiro atoms. The fourth-order valence-corrected chi connectivity index (χ4v) is 1.96. The molecule has 0 saturated heterocycles. The minimum absolute atomic E-state index is 0.0678. The Labute approximate surface area is 122 Å². The molecule has 0 aliphatic carbocycles. The first-order valence-electron chi connectivity index (χ1n) is 6.08. The standard InChI is InChI=1S/C15H14ClNO3/c1-15(2,3)14(18)10(7-17)4-9-5-12-13(6-11(9)16)20-8-19-12/h4-6H,8H2,1-3H3/b10-4-. The summed E-state index contributed by atoms with van der Waals surface area (Å²) in [5, 5.41) is 9.57. The Morgan fingerprint density at radius 1 is 1.35 bits per heavy atom. The van der Waals surface area contributed by atoms with Gasteiger partial charge in [-0.3, -0.25) is 4.79 Å². The predicted octanol–water partition coefficient (Wildman–Crippen LogP) is 3.59. The maximum absolute atomic E-state index is 12.2. The maximum Gasteiger partial charge on any atom is 0.231 e. The van der Waals surface area contributed by atoms with Crippen LogP contribution in [0.1, 0.15) is 26.3 Å². The number of fused-ring (bicyclic) bond motifs is 1. The first-order valence-corrected chi connectivity index (χ1v) is 6.46. The first kappa shape index (κ1) is 14.4. The third-order valence-corrected chi connectivity index (χ3v) is 3.17. The van der Waals surface area contributed by atoms with Gasteiger partial charge in [-0.1, -0.05) is 32.4 Å². The van der Waals surface area contributed by atoms with Crippen molar-refractivity contribution in [1.82, 2.24) is 0 Å². The molecule has 0 fully saturated rings. The highest BCUT2D eigenvalue weighted by Crippen LogP contribution is 2.37. The van der Waals surface area contributed by atoms with Crippen molar-refractivity contribution in [2.75, 3.05) is 6.79 Å². The van der Waals surface area contributed by atoms with Crippen LogP contribution < -0.4 is 9.47 Å². The van der Waals surface area contributed by atoms with Gasteiger partial charge in [0, 0.05) is 11.5 Å². The van der Waals surface area contributed by atoms with Gasteiger partial charge in [0.05, 0.1) is 10.6 Å². The number of ether oxygens (including phenoxy) is 2. The molecule has 1 aromatic carbocycles. The third-order valence-electron chi connectivity index (χ3n) is 2.84. The van der Waals surface area contributed by atoms with E-state index >= 15 is 0 Å². The summed E-state index contributed by atoms with van der Waals surface area (Å²) >= 11 is 6.13. The Balaban J connectivity index is 2.44. The van der Waals surface area contributed by atoms with Gasteiger partial charge < -0.3 is 9.47 Å². The Morgan fingerprint density at radius 3 is 2.50 bits per heavy atom. The second kappa shape index (κ2) is 5.18. The average Bonchev–Trinajstić information content (AvgIpc) is 2.80. The van der Waals surface area contributed by atoms with Gasteiger partial charge in [-0.2, -0.15) is 5.26 Å². The van der Waals surface area contributed by atoms with E-state index in [0.717, 1.165) is 0 Å². The number of ketones is 1. The highest BCUT2D eigenvalue weighted by Gasteiger charge is 2.25. The lowest BCUT2D eigenvalue weighted by atomic mass is 9.86. The van der Waals surface area contributed by atoms with Crippen LogP contribution in [0.2, 0.25) is 5.02 Å². The fraction of sp³-hybridized carbons (Fsp3) is 0.333. The SMILES string of the molecule is CC(C)(C)C(=O)/C(C#N)=C\c1cc2c(cc1Cl)OCO2. The van der Waals surface area contributed by atoms with Crippen molar-refractivity contribution < 1.29 is 14.3 Å². The van der Waals surface area contributed by atoms with E-state index < -0.39 is 5.41 Å². The lowest BCUT2D eigenvalue weighted by Crippen LogP contribution is -2.21. The second-order valence-corrected chi connectivity index (χ2v) is 5.88. The van der Waals surface area contributed by atoms with Crippen LogP contribution in [-0.2, 0) is 4.79 Å². The van der Waals surface area contributed by atoms with Crippen LogP contribution in [0.25, 0.3) is 6.08 Å². The Bertz CT molecular complexity index is 636. The van der Waals surface area contributed by atoms with E-state index in [1.807, 2.05) is 6.07 Å². The minimum Gasteiger partial charge on any atom is -0.454 e. The Hall–Kier alpha value is -1.99. The summed E-state index contributed by atoms with van der Waals surface area (Å²) in [6, 6.07) is 5.21. The number of nitriles is 1. The van der Waals surface area contributed by atoms with Crippen LogP contribution in [0.15, 0.2) is 17.7 Å². The molecule has 1 aliphatic heterocycles. The number of halogens is 1. The van der Waals surface area contributed by atoms with E-state index in [1.54, 1.807) is 32.9 Å². The monoisotopic (exact) mass is 291 g/mol. The molecule has 1 heterocycles. The van der Waals surface area contributed by atoms with E-state index in [-0.39, 0.29) is 18.1 Å². The number of allylic oxidation sites excluding steroid dienone is 1. The van der Waals surface area contributed by atoms with Crippen LogP contribution in [0, 0.1) is 16.7 Å².